The lowest BCUT2D eigenvalue weighted by Crippen LogP contribution is -2.17. The van der Waals surface area contributed by atoms with Crippen LogP contribution in [-0.4, -0.2) is 21.0 Å². The van der Waals surface area contributed by atoms with Gasteiger partial charge in [0.05, 0.1) is 0 Å². The summed E-state index contributed by atoms with van der Waals surface area (Å²) < 4.78 is 0.939. The van der Waals surface area contributed by atoms with Crippen LogP contribution in [0.15, 0.2) is 51.3 Å². The minimum Gasteiger partial charge on any atom is -0.409 e. The van der Waals surface area contributed by atoms with Crippen LogP contribution in [0.5, 0.6) is 0 Å². The molecule has 0 aliphatic heterocycles. The van der Waals surface area contributed by atoms with Crippen molar-refractivity contribution in [3.05, 3.63) is 52.4 Å². The molecule has 2 heterocycles. The second-order valence-corrected chi connectivity index (χ2v) is 5.39. The summed E-state index contributed by atoms with van der Waals surface area (Å²) in [7, 11) is 0. The Kier molecular flexibility index (Phi) is 4.75. The third-order valence-corrected chi connectivity index (χ3v) is 4.29. The van der Waals surface area contributed by atoms with Crippen LogP contribution in [0.2, 0.25) is 0 Å². The van der Waals surface area contributed by atoms with Crippen molar-refractivity contribution in [1.29, 1.82) is 0 Å². The van der Waals surface area contributed by atoms with Gasteiger partial charge in [-0.1, -0.05) is 11.2 Å². The van der Waals surface area contributed by atoms with E-state index in [-0.39, 0.29) is 5.84 Å². The molecule has 0 fully saturated rings. The molecular weight excluding hydrogens is 328 g/mol. The number of thioether (sulfide) groups is 1. The molecule has 0 aromatic carbocycles. The van der Waals surface area contributed by atoms with Gasteiger partial charge in [0.25, 0.3) is 0 Å². The summed E-state index contributed by atoms with van der Waals surface area (Å²) in [5.41, 5.74) is 6.98. The number of hydrogen-bond acceptors (Lipinski definition) is 5. The van der Waals surface area contributed by atoms with E-state index in [4.69, 9.17) is 10.9 Å². The molecule has 0 unspecified atom stereocenters. The van der Waals surface area contributed by atoms with Gasteiger partial charge in [0, 0.05) is 22.6 Å². The first-order chi connectivity index (χ1) is 9.22. The van der Waals surface area contributed by atoms with Gasteiger partial charge in [0.15, 0.2) is 5.84 Å². The van der Waals surface area contributed by atoms with Crippen LogP contribution in [-0.2, 0) is 5.75 Å². The number of pyridine rings is 2. The molecule has 0 aliphatic carbocycles. The highest BCUT2D eigenvalue weighted by Crippen LogP contribution is 2.28. The highest BCUT2D eigenvalue weighted by Gasteiger charge is 2.09. The van der Waals surface area contributed by atoms with E-state index in [2.05, 4.69) is 31.1 Å². The summed E-state index contributed by atoms with van der Waals surface area (Å²) in [6.07, 6.45) is 3.35. The highest BCUT2D eigenvalue weighted by atomic mass is 79.9. The molecule has 98 valence electrons. The predicted molar refractivity (Wildman–Crippen MR) is 78.2 cm³/mol. The molecule has 0 atom stereocenters. The van der Waals surface area contributed by atoms with Crippen LogP contribution in [0.25, 0.3) is 0 Å². The summed E-state index contributed by atoms with van der Waals surface area (Å²) >= 11 is 5.00. The maximum Gasteiger partial charge on any atom is 0.189 e. The van der Waals surface area contributed by atoms with Gasteiger partial charge in [-0.05, 0) is 39.7 Å². The van der Waals surface area contributed by atoms with Gasteiger partial charge in [0.1, 0.15) is 10.7 Å². The molecule has 3 N–H and O–H groups in total. The zero-order chi connectivity index (χ0) is 13.7. The van der Waals surface area contributed by atoms with Crippen molar-refractivity contribution >= 4 is 33.5 Å². The van der Waals surface area contributed by atoms with Crippen molar-refractivity contribution in [2.45, 2.75) is 10.8 Å². The molecular formula is C12H11BrN4OS. The van der Waals surface area contributed by atoms with Gasteiger partial charge in [-0.3, -0.25) is 4.98 Å². The summed E-state index contributed by atoms with van der Waals surface area (Å²) in [4.78, 5) is 8.40. The summed E-state index contributed by atoms with van der Waals surface area (Å²) in [5.74, 6) is 0.644. The van der Waals surface area contributed by atoms with E-state index in [1.807, 2.05) is 24.3 Å². The van der Waals surface area contributed by atoms with Crippen molar-refractivity contribution in [2.75, 3.05) is 0 Å². The topological polar surface area (TPSA) is 84.4 Å². The van der Waals surface area contributed by atoms with Crippen molar-refractivity contribution in [3.8, 4) is 0 Å². The van der Waals surface area contributed by atoms with Gasteiger partial charge in [0.2, 0.25) is 0 Å². The molecule has 0 aliphatic rings. The highest BCUT2D eigenvalue weighted by molar-refractivity contribution is 9.10. The Labute approximate surface area is 123 Å². The standard InChI is InChI=1S/C12H11BrN4OS/c13-9-4-2-6-16-12(9)19-7-8-3-1-5-15-10(8)11(14)17-18/h1-6,18H,7H2,(H2,14,17). The number of oxime groups is 1. The van der Waals surface area contributed by atoms with Crippen LogP contribution in [0, 0.1) is 0 Å². The largest absolute Gasteiger partial charge is 0.409 e. The number of rotatable bonds is 4. The van der Waals surface area contributed by atoms with E-state index >= 15 is 0 Å². The molecule has 7 heteroatoms. The summed E-state index contributed by atoms with van der Waals surface area (Å²) in [6.45, 7) is 0. The zero-order valence-corrected chi connectivity index (χ0v) is 12.2. The minimum absolute atomic E-state index is 0.0105. The third kappa shape index (κ3) is 3.45. The van der Waals surface area contributed by atoms with E-state index in [0.717, 1.165) is 15.1 Å². The van der Waals surface area contributed by atoms with Crippen molar-refractivity contribution in [2.24, 2.45) is 10.9 Å². The van der Waals surface area contributed by atoms with Crippen LogP contribution in [0.1, 0.15) is 11.3 Å². The fraction of sp³-hybridized carbons (Fsp3) is 0.0833. The van der Waals surface area contributed by atoms with Crippen LogP contribution >= 0.6 is 27.7 Å². The first kappa shape index (κ1) is 13.8. The van der Waals surface area contributed by atoms with E-state index < -0.39 is 0 Å². The Hall–Kier alpha value is -1.60. The zero-order valence-electron chi connectivity index (χ0n) is 9.82. The quantitative estimate of drug-likeness (QED) is 0.294. The SMILES string of the molecule is NC(=NO)c1ncccc1CSc1ncccc1Br. The molecule has 2 rings (SSSR count). The summed E-state index contributed by atoms with van der Waals surface area (Å²) in [5, 5.41) is 12.6. The van der Waals surface area contributed by atoms with E-state index in [9.17, 15) is 0 Å². The Morgan fingerprint density at radius 2 is 2.05 bits per heavy atom. The fourth-order valence-corrected chi connectivity index (χ4v) is 2.92. The molecule has 0 radical (unpaired) electrons. The minimum atomic E-state index is 0.0105. The molecule has 0 saturated heterocycles. The molecule has 2 aromatic rings. The normalized spacial score (nSPS) is 11.5. The van der Waals surface area contributed by atoms with Gasteiger partial charge < -0.3 is 10.9 Å². The molecule has 0 saturated carbocycles. The lowest BCUT2D eigenvalue weighted by molar-refractivity contribution is 0.318. The van der Waals surface area contributed by atoms with Gasteiger partial charge in [-0.25, -0.2) is 4.98 Å². The Morgan fingerprint density at radius 3 is 2.79 bits per heavy atom. The Morgan fingerprint density at radius 1 is 1.32 bits per heavy atom. The third-order valence-electron chi connectivity index (χ3n) is 2.33. The van der Waals surface area contributed by atoms with E-state index in [1.54, 1.807) is 24.2 Å². The van der Waals surface area contributed by atoms with Gasteiger partial charge in [-0.15, -0.1) is 11.8 Å². The van der Waals surface area contributed by atoms with E-state index in [0.29, 0.717) is 11.4 Å². The lowest BCUT2D eigenvalue weighted by atomic mass is 10.2. The first-order valence-electron chi connectivity index (χ1n) is 5.37. The maximum atomic E-state index is 8.74. The number of hydrogen-bond donors (Lipinski definition) is 2. The molecule has 2 aromatic heterocycles. The number of nitrogens with two attached hydrogens (primary N) is 1. The lowest BCUT2D eigenvalue weighted by Gasteiger charge is -2.07. The maximum absolute atomic E-state index is 8.74. The average Bonchev–Trinajstić information content (AvgIpc) is 2.46. The van der Waals surface area contributed by atoms with Gasteiger partial charge >= 0.3 is 0 Å². The molecule has 19 heavy (non-hydrogen) atoms. The van der Waals surface area contributed by atoms with E-state index in [1.165, 1.54) is 0 Å². The van der Waals surface area contributed by atoms with Crippen LogP contribution in [0.4, 0.5) is 0 Å². The van der Waals surface area contributed by atoms with Gasteiger partial charge in [-0.2, -0.15) is 0 Å². The van der Waals surface area contributed by atoms with Crippen molar-refractivity contribution in [3.63, 3.8) is 0 Å². The molecule has 0 amide bonds. The number of nitrogens with zero attached hydrogens (tertiary/aromatic N) is 3. The van der Waals surface area contributed by atoms with Crippen molar-refractivity contribution in [1.82, 2.24) is 9.97 Å². The van der Waals surface area contributed by atoms with Crippen LogP contribution < -0.4 is 5.73 Å². The molecule has 0 bridgehead atoms. The Balaban J connectivity index is 2.19. The number of amidine groups is 1. The number of halogens is 1. The molecule has 0 spiro atoms. The van der Waals surface area contributed by atoms with Crippen LogP contribution in [0.3, 0.4) is 0 Å². The average molecular weight is 339 g/mol. The Bertz CT molecular complexity index is 606. The fourth-order valence-electron chi connectivity index (χ4n) is 1.46. The second-order valence-electron chi connectivity index (χ2n) is 3.58. The number of aromatic nitrogens is 2. The molecule has 5 nitrogen and oxygen atoms in total. The predicted octanol–water partition coefficient (Wildman–Crippen LogP) is 2.63. The summed E-state index contributed by atoms with van der Waals surface area (Å²) in [6, 6.07) is 7.50. The second kappa shape index (κ2) is 6.53. The monoisotopic (exact) mass is 338 g/mol. The smallest absolute Gasteiger partial charge is 0.189 e. The van der Waals surface area contributed by atoms with Crippen molar-refractivity contribution < 1.29 is 5.21 Å². The first-order valence-corrected chi connectivity index (χ1v) is 7.15.